The SMILES string of the molecule is OC[C@@H]1CC[C@@H](c2nnnn2C2CC2)N1C1CCC(F)(F)CC1. The number of hydrogen-bond acceptors (Lipinski definition) is 5. The minimum absolute atomic E-state index is 0.0288. The zero-order valence-corrected chi connectivity index (χ0v) is 13.1. The van der Waals surface area contributed by atoms with Crippen LogP contribution in [0.15, 0.2) is 0 Å². The average molecular weight is 327 g/mol. The smallest absolute Gasteiger partial charge is 0.248 e. The van der Waals surface area contributed by atoms with Crippen molar-refractivity contribution in [1.29, 1.82) is 0 Å². The Hall–Kier alpha value is -1.15. The third-order valence-electron chi connectivity index (χ3n) is 5.58. The van der Waals surface area contributed by atoms with Crippen LogP contribution in [0.25, 0.3) is 0 Å². The molecule has 1 saturated heterocycles. The molecule has 0 radical (unpaired) electrons. The first-order valence-corrected chi connectivity index (χ1v) is 8.63. The topological polar surface area (TPSA) is 67.1 Å². The lowest BCUT2D eigenvalue weighted by Crippen LogP contribution is -2.46. The van der Waals surface area contributed by atoms with Crippen molar-refractivity contribution in [2.45, 2.75) is 81.5 Å². The molecule has 2 aliphatic carbocycles. The van der Waals surface area contributed by atoms with Gasteiger partial charge >= 0.3 is 0 Å². The summed E-state index contributed by atoms with van der Waals surface area (Å²) in [6.07, 6.45) is 4.78. The fourth-order valence-electron chi connectivity index (χ4n) is 4.23. The van der Waals surface area contributed by atoms with Crippen LogP contribution in [0, 0.1) is 0 Å². The maximum absolute atomic E-state index is 13.5. The van der Waals surface area contributed by atoms with Crippen molar-refractivity contribution in [3.05, 3.63) is 5.82 Å². The van der Waals surface area contributed by atoms with Crippen LogP contribution in [0.3, 0.4) is 0 Å². The average Bonchev–Trinajstić information content (AvgIpc) is 3.10. The van der Waals surface area contributed by atoms with Crippen LogP contribution in [-0.2, 0) is 0 Å². The van der Waals surface area contributed by atoms with Gasteiger partial charge in [0.15, 0.2) is 5.82 Å². The number of aliphatic hydroxyl groups excluding tert-OH is 1. The van der Waals surface area contributed by atoms with Gasteiger partial charge in [0.2, 0.25) is 5.92 Å². The van der Waals surface area contributed by atoms with E-state index in [9.17, 15) is 13.9 Å². The second kappa shape index (κ2) is 5.73. The number of nitrogens with zero attached hydrogens (tertiary/aromatic N) is 5. The molecule has 1 aromatic heterocycles. The van der Waals surface area contributed by atoms with Gasteiger partial charge in [0, 0.05) is 24.9 Å². The molecule has 1 N–H and O–H groups in total. The third-order valence-corrected chi connectivity index (χ3v) is 5.58. The molecular weight excluding hydrogens is 304 g/mol. The summed E-state index contributed by atoms with van der Waals surface area (Å²) in [5.41, 5.74) is 0. The van der Waals surface area contributed by atoms with Gasteiger partial charge in [-0.3, -0.25) is 4.90 Å². The first-order chi connectivity index (χ1) is 11.1. The Morgan fingerprint density at radius 1 is 1.04 bits per heavy atom. The second-order valence-corrected chi connectivity index (χ2v) is 7.18. The predicted molar refractivity (Wildman–Crippen MR) is 78.0 cm³/mol. The van der Waals surface area contributed by atoms with E-state index in [1.807, 2.05) is 4.68 Å². The molecule has 23 heavy (non-hydrogen) atoms. The van der Waals surface area contributed by atoms with Crippen LogP contribution in [0.1, 0.15) is 69.3 Å². The number of aliphatic hydroxyl groups is 1. The number of rotatable bonds is 4. The van der Waals surface area contributed by atoms with E-state index in [1.54, 1.807) is 0 Å². The molecule has 2 heterocycles. The number of halogens is 2. The molecule has 0 unspecified atom stereocenters. The van der Waals surface area contributed by atoms with Crippen LogP contribution in [0.5, 0.6) is 0 Å². The molecule has 0 aromatic carbocycles. The molecule has 4 rings (SSSR count). The van der Waals surface area contributed by atoms with Crippen molar-refractivity contribution in [2.75, 3.05) is 6.61 Å². The van der Waals surface area contributed by atoms with Crippen molar-refractivity contribution < 1.29 is 13.9 Å². The number of likely N-dealkylation sites (tertiary alicyclic amines) is 1. The van der Waals surface area contributed by atoms with Gasteiger partial charge in [-0.2, -0.15) is 0 Å². The van der Waals surface area contributed by atoms with Gasteiger partial charge in [-0.05, 0) is 49.0 Å². The molecule has 8 heteroatoms. The maximum atomic E-state index is 13.5. The minimum Gasteiger partial charge on any atom is -0.395 e. The van der Waals surface area contributed by atoms with E-state index in [0.29, 0.717) is 18.9 Å². The van der Waals surface area contributed by atoms with Crippen molar-refractivity contribution in [2.24, 2.45) is 0 Å². The Morgan fingerprint density at radius 2 is 1.78 bits per heavy atom. The first kappa shape index (κ1) is 15.4. The first-order valence-electron chi connectivity index (χ1n) is 8.63. The zero-order chi connectivity index (χ0) is 16.0. The van der Waals surface area contributed by atoms with Crippen LogP contribution < -0.4 is 0 Å². The predicted octanol–water partition coefficient (Wildman–Crippen LogP) is 2.08. The van der Waals surface area contributed by atoms with E-state index >= 15 is 0 Å². The highest BCUT2D eigenvalue weighted by molar-refractivity contribution is 5.05. The molecule has 0 spiro atoms. The fraction of sp³-hybridized carbons (Fsp3) is 0.933. The van der Waals surface area contributed by atoms with Gasteiger partial charge in [-0.25, -0.2) is 13.5 Å². The minimum atomic E-state index is -2.53. The van der Waals surface area contributed by atoms with E-state index in [-0.39, 0.29) is 37.6 Å². The quantitative estimate of drug-likeness (QED) is 0.917. The van der Waals surface area contributed by atoms with E-state index in [4.69, 9.17) is 0 Å². The molecule has 128 valence electrons. The van der Waals surface area contributed by atoms with Crippen LogP contribution in [0.4, 0.5) is 8.78 Å². The number of hydrogen-bond donors (Lipinski definition) is 1. The molecular formula is C15H23F2N5O. The molecule has 1 aromatic rings. The van der Waals surface area contributed by atoms with E-state index in [1.165, 1.54) is 0 Å². The van der Waals surface area contributed by atoms with Gasteiger partial charge in [0.25, 0.3) is 0 Å². The highest BCUT2D eigenvalue weighted by atomic mass is 19.3. The summed E-state index contributed by atoms with van der Waals surface area (Å²) in [7, 11) is 0. The Labute approximate surface area is 133 Å². The summed E-state index contributed by atoms with van der Waals surface area (Å²) in [6, 6.07) is 0.551. The lowest BCUT2D eigenvalue weighted by Gasteiger charge is -2.40. The van der Waals surface area contributed by atoms with Gasteiger partial charge in [-0.15, -0.1) is 5.10 Å². The van der Waals surface area contributed by atoms with E-state index < -0.39 is 5.92 Å². The molecule has 0 amide bonds. The molecule has 6 nitrogen and oxygen atoms in total. The molecule has 2 atom stereocenters. The Kier molecular flexibility index (Phi) is 3.84. The van der Waals surface area contributed by atoms with Gasteiger partial charge in [0.1, 0.15) is 0 Å². The van der Waals surface area contributed by atoms with Crippen LogP contribution >= 0.6 is 0 Å². The molecule has 3 fully saturated rings. The normalized spacial score (nSPS) is 32.5. The summed E-state index contributed by atoms with van der Waals surface area (Å²) in [5.74, 6) is -1.68. The zero-order valence-electron chi connectivity index (χ0n) is 13.1. The Morgan fingerprint density at radius 3 is 2.43 bits per heavy atom. The molecule has 1 aliphatic heterocycles. The lowest BCUT2D eigenvalue weighted by atomic mass is 9.90. The third kappa shape index (κ3) is 2.87. The lowest BCUT2D eigenvalue weighted by molar-refractivity contribution is -0.0628. The highest BCUT2D eigenvalue weighted by Crippen LogP contribution is 2.45. The molecule has 3 aliphatic rings. The van der Waals surface area contributed by atoms with E-state index in [0.717, 1.165) is 31.5 Å². The molecule has 0 bridgehead atoms. The Bertz CT molecular complexity index is 552. The highest BCUT2D eigenvalue weighted by Gasteiger charge is 2.45. The van der Waals surface area contributed by atoms with Gasteiger partial charge in [0.05, 0.1) is 18.7 Å². The van der Waals surface area contributed by atoms with Crippen molar-refractivity contribution >= 4 is 0 Å². The fourth-order valence-corrected chi connectivity index (χ4v) is 4.23. The second-order valence-electron chi connectivity index (χ2n) is 7.18. The monoisotopic (exact) mass is 327 g/mol. The largest absolute Gasteiger partial charge is 0.395 e. The van der Waals surface area contributed by atoms with Crippen molar-refractivity contribution in [1.82, 2.24) is 25.1 Å². The van der Waals surface area contributed by atoms with Crippen molar-refractivity contribution in [3.8, 4) is 0 Å². The van der Waals surface area contributed by atoms with Gasteiger partial charge in [-0.1, -0.05) is 0 Å². The van der Waals surface area contributed by atoms with Crippen LogP contribution in [-0.4, -0.2) is 54.8 Å². The summed E-state index contributed by atoms with van der Waals surface area (Å²) >= 11 is 0. The number of aromatic nitrogens is 4. The molecule has 2 saturated carbocycles. The van der Waals surface area contributed by atoms with Crippen LogP contribution in [0.2, 0.25) is 0 Å². The Balaban J connectivity index is 1.57. The maximum Gasteiger partial charge on any atom is 0.248 e. The summed E-state index contributed by atoms with van der Waals surface area (Å²) in [5, 5.41) is 21.9. The number of tetrazole rings is 1. The summed E-state index contributed by atoms with van der Waals surface area (Å²) in [4.78, 5) is 2.24. The summed E-state index contributed by atoms with van der Waals surface area (Å²) < 4.78 is 28.9. The van der Waals surface area contributed by atoms with E-state index in [2.05, 4.69) is 20.4 Å². The van der Waals surface area contributed by atoms with Gasteiger partial charge < -0.3 is 5.11 Å². The number of alkyl halides is 2. The van der Waals surface area contributed by atoms with Crippen molar-refractivity contribution in [3.63, 3.8) is 0 Å². The summed E-state index contributed by atoms with van der Waals surface area (Å²) in [6.45, 7) is 0.0639. The standard InChI is InChI=1S/C15H23F2N5O/c16-15(17)7-5-10(6-8-15)21-12(9-23)3-4-13(21)14-18-19-20-22(14)11-1-2-11/h10-13,23H,1-9H2/t12-,13-/m0/s1.